The average molecular weight is 425 g/mol. The van der Waals surface area contributed by atoms with Crippen molar-refractivity contribution in [2.75, 3.05) is 38.6 Å². The van der Waals surface area contributed by atoms with Crippen LogP contribution in [0, 0.1) is 11.3 Å². The summed E-state index contributed by atoms with van der Waals surface area (Å²) in [6.07, 6.45) is 0.125. The van der Waals surface area contributed by atoms with Crippen LogP contribution in [0.5, 0.6) is 5.75 Å². The Morgan fingerprint density at radius 3 is 2.71 bits per heavy atom. The third kappa shape index (κ3) is 4.32. The van der Waals surface area contributed by atoms with Crippen LogP contribution < -0.4 is 4.90 Å². The zero-order valence-corrected chi connectivity index (χ0v) is 18.9. The minimum Gasteiger partial charge on any atom is -0.506 e. The lowest BCUT2D eigenvalue weighted by Crippen LogP contribution is -2.71. The molecule has 2 atom stereocenters. The second kappa shape index (κ2) is 8.90. The van der Waals surface area contributed by atoms with Crippen LogP contribution in [-0.4, -0.2) is 76.8 Å². The molecule has 0 radical (unpaired) electrons. The van der Waals surface area contributed by atoms with Crippen molar-refractivity contribution in [1.82, 2.24) is 19.8 Å². The van der Waals surface area contributed by atoms with Crippen molar-refractivity contribution < 1.29 is 9.90 Å². The van der Waals surface area contributed by atoms with Crippen molar-refractivity contribution in [3.63, 3.8) is 0 Å². The maximum absolute atomic E-state index is 13.0. The van der Waals surface area contributed by atoms with Crippen molar-refractivity contribution in [3.8, 4) is 11.8 Å². The van der Waals surface area contributed by atoms with Gasteiger partial charge in [-0.05, 0) is 31.5 Å². The van der Waals surface area contributed by atoms with E-state index in [1.54, 1.807) is 6.07 Å². The molecule has 0 spiro atoms. The van der Waals surface area contributed by atoms with Crippen molar-refractivity contribution in [1.29, 1.82) is 5.26 Å². The van der Waals surface area contributed by atoms with Crippen LogP contribution in [0.25, 0.3) is 0 Å². The van der Waals surface area contributed by atoms with Crippen LogP contribution in [0.2, 0.25) is 0 Å². The predicted molar refractivity (Wildman–Crippen MR) is 121 cm³/mol. The van der Waals surface area contributed by atoms with E-state index < -0.39 is 0 Å². The number of hydrogen-bond acceptors (Lipinski definition) is 7. The highest BCUT2D eigenvalue weighted by Gasteiger charge is 2.46. The van der Waals surface area contributed by atoms with E-state index in [-0.39, 0.29) is 30.4 Å². The first-order chi connectivity index (χ1) is 14.6. The summed E-state index contributed by atoms with van der Waals surface area (Å²) in [6, 6.07) is 7.60. The third-order valence-electron chi connectivity index (χ3n) is 5.97. The Morgan fingerprint density at radius 2 is 2.10 bits per heavy atom. The third-order valence-corrected chi connectivity index (χ3v) is 5.97. The zero-order chi connectivity index (χ0) is 22.9. The molecule has 8 heteroatoms. The number of phenolic OH excluding ortho intramolecular Hbond substituents is 1. The number of rotatable bonds is 6. The summed E-state index contributed by atoms with van der Waals surface area (Å²) in [5.41, 5.74) is 3.53. The highest BCUT2D eigenvalue weighted by molar-refractivity contribution is 5.80. The van der Waals surface area contributed by atoms with Crippen LogP contribution in [0.3, 0.4) is 0 Å². The largest absolute Gasteiger partial charge is 0.506 e. The van der Waals surface area contributed by atoms with Crippen molar-refractivity contribution in [2.24, 2.45) is 0 Å². The van der Waals surface area contributed by atoms with Gasteiger partial charge in [0.15, 0.2) is 0 Å². The molecule has 2 aliphatic heterocycles. The molecule has 2 heterocycles. The first-order valence-corrected chi connectivity index (χ1v) is 10.5. The predicted octanol–water partition coefficient (Wildman–Crippen LogP) is 2.31. The van der Waals surface area contributed by atoms with E-state index in [2.05, 4.69) is 29.1 Å². The average Bonchev–Trinajstić information content (AvgIpc) is 2.70. The Hall–Kier alpha value is -3.18. The van der Waals surface area contributed by atoms with Gasteiger partial charge in [-0.15, -0.1) is 0 Å². The maximum atomic E-state index is 13.0. The Balaban J connectivity index is 1.89. The number of phenols is 1. The summed E-state index contributed by atoms with van der Waals surface area (Å²) in [7, 11) is 3.79. The van der Waals surface area contributed by atoms with E-state index in [1.807, 2.05) is 54.9 Å². The highest BCUT2D eigenvalue weighted by atomic mass is 16.3. The lowest BCUT2D eigenvalue weighted by atomic mass is 10.0. The Labute approximate surface area is 184 Å². The van der Waals surface area contributed by atoms with Crippen molar-refractivity contribution >= 4 is 11.6 Å². The number of benzene rings is 1. The number of carbonyl (C=O) groups excluding carboxylic acids is 1. The van der Waals surface area contributed by atoms with Gasteiger partial charge < -0.3 is 19.8 Å². The van der Waals surface area contributed by atoms with Gasteiger partial charge in [0.05, 0.1) is 30.9 Å². The van der Waals surface area contributed by atoms with Gasteiger partial charge in [-0.2, -0.15) is 5.26 Å². The molecule has 166 valence electrons. The molecule has 2 aliphatic rings. The topological polar surface area (TPSA) is 77.3 Å². The molecule has 3 rings (SSSR count). The molecule has 1 aromatic carbocycles. The Kier molecular flexibility index (Phi) is 6.46. The van der Waals surface area contributed by atoms with Crippen LogP contribution in [0.15, 0.2) is 42.8 Å². The van der Waals surface area contributed by atoms with Crippen molar-refractivity contribution in [2.45, 2.75) is 39.0 Å². The van der Waals surface area contributed by atoms with E-state index in [0.29, 0.717) is 26.1 Å². The van der Waals surface area contributed by atoms with Gasteiger partial charge in [0.2, 0.25) is 5.91 Å². The number of allylic oxidation sites excluding steroid dienone is 1. The second-order valence-corrected chi connectivity index (χ2v) is 8.42. The quantitative estimate of drug-likeness (QED) is 0.751. The number of nitrogens with zero attached hydrogens (tertiary/aromatic N) is 6. The first kappa shape index (κ1) is 22.5. The molecule has 2 fully saturated rings. The number of nitriles is 1. The first-order valence-electron chi connectivity index (χ1n) is 10.5. The minimum atomic E-state index is -0.219. The number of hydrazine groups is 1. The highest BCUT2D eigenvalue weighted by Crippen LogP contribution is 2.34. The normalized spacial score (nSPS) is 21.7. The maximum Gasteiger partial charge on any atom is 0.240 e. The number of piperazine rings is 1. The lowest BCUT2D eigenvalue weighted by Gasteiger charge is -2.57. The summed E-state index contributed by atoms with van der Waals surface area (Å²) < 4.78 is 0. The molecule has 0 aliphatic carbocycles. The summed E-state index contributed by atoms with van der Waals surface area (Å²) in [4.78, 5) is 19.0. The van der Waals surface area contributed by atoms with Gasteiger partial charge in [-0.3, -0.25) is 9.80 Å². The van der Waals surface area contributed by atoms with Gasteiger partial charge in [0.1, 0.15) is 11.9 Å². The van der Waals surface area contributed by atoms with E-state index >= 15 is 0 Å². The molecule has 1 unspecified atom stereocenters. The monoisotopic (exact) mass is 424 g/mol. The molecule has 1 aromatic rings. The summed E-state index contributed by atoms with van der Waals surface area (Å²) in [5, 5.41) is 23.1. The SMILES string of the molecule is C=C1[C@H](C)N2C(=O)CN(CCC#N)N(C(=C)C)C2CN1Cc1ccc(O)c(N(C)C)c1. The number of anilines is 1. The van der Waals surface area contributed by atoms with E-state index in [9.17, 15) is 9.90 Å². The number of aromatic hydroxyl groups is 1. The standard InChI is InChI=1S/C23H32N6O2/c1-16(2)29-22-14-26(13-19-8-9-21(30)20(12-19)25(5)6)17(3)18(4)28(22)23(31)15-27(29)11-7-10-24/h8-9,12,18,22,30H,1,3,7,11,13-15H2,2,4-6H3/t18-,22?/m0/s1. The molecular formula is C23H32N6O2. The second-order valence-electron chi connectivity index (χ2n) is 8.42. The van der Waals surface area contributed by atoms with Gasteiger partial charge >= 0.3 is 0 Å². The molecule has 1 N–H and O–H groups in total. The number of fused-ring (bicyclic) bond motifs is 1. The van der Waals surface area contributed by atoms with E-state index in [0.717, 1.165) is 22.6 Å². The fourth-order valence-electron chi connectivity index (χ4n) is 4.44. The summed E-state index contributed by atoms with van der Waals surface area (Å²) >= 11 is 0. The summed E-state index contributed by atoms with van der Waals surface area (Å²) in [6.45, 7) is 14.3. The zero-order valence-electron chi connectivity index (χ0n) is 18.9. The Morgan fingerprint density at radius 1 is 1.39 bits per heavy atom. The molecule has 0 bridgehead atoms. The van der Waals surface area contributed by atoms with Crippen LogP contribution >= 0.6 is 0 Å². The van der Waals surface area contributed by atoms with Gasteiger partial charge in [-0.1, -0.05) is 19.2 Å². The van der Waals surface area contributed by atoms with Crippen molar-refractivity contribution in [3.05, 3.63) is 48.3 Å². The van der Waals surface area contributed by atoms with E-state index in [4.69, 9.17) is 5.26 Å². The van der Waals surface area contributed by atoms with Gasteiger partial charge in [0, 0.05) is 45.0 Å². The lowest BCUT2D eigenvalue weighted by molar-refractivity contribution is -0.183. The van der Waals surface area contributed by atoms with Gasteiger partial charge in [-0.25, -0.2) is 5.01 Å². The number of amides is 1. The molecule has 31 heavy (non-hydrogen) atoms. The molecule has 0 saturated carbocycles. The minimum absolute atomic E-state index is 0.0354. The Bertz CT molecular complexity index is 921. The molecule has 0 aromatic heterocycles. The molecule has 1 amide bonds. The fraction of sp³-hybridized carbons (Fsp3) is 0.478. The van der Waals surface area contributed by atoms with E-state index in [1.165, 1.54) is 0 Å². The molecular weight excluding hydrogens is 392 g/mol. The van der Waals surface area contributed by atoms with Crippen LogP contribution in [-0.2, 0) is 11.3 Å². The summed E-state index contributed by atoms with van der Waals surface area (Å²) in [5.74, 6) is 0.276. The smallest absolute Gasteiger partial charge is 0.240 e. The molecule has 8 nitrogen and oxygen atoms in total. The van der Waals surface area contributed by atoms with Gasteiger partial charge in [0.25, 0.3) is 0 Å². The van der Waals surface area contributed by atoms with Crippen LogP contribution in [0.1, 0.15) is 25.8 Å². The number of hydrogen-bond donors (Lipinski definition) is 1. The molecule has 2 saturated heterocycles. The number of carbonyl (C=O) groups is 1. The fourth-order valence-corrected chi connectivity index (χ4v) is 4.44. The van der Waals surface area contributed by atoms with Crippen LogP contribution in [0.4, 0.5) is 5.69 Å².